The molecular weight excluding hydrogens is 276 g/mol. The van der Waals surface area contributed by atoms with Gasteiger partial charge in [0.05, 0.1) is 12.0 Å². The Morgan fingerprint density at radius 2 is 1.74 bits per heavy atom. The lowest BCUT2D eigenvalue weighted by atomic mass is 9.91. The Bertz CT molecular complexity index is 296. The van der Waals surface area contributed by atoms with Crippen molar-refractivity contribution < 1.29 is 18.4 Å². The van der Waals surface area contributed by atoms with Gasteiger partial charge >= 0.3 is 14.5 Å². The zero-order valence-corrected chi connectivity index (χ0v) is 15.5. The Morgan fingerprint density at radius 3 is 2.16 bits per heavy atom. The van der Waals surface area contributed by atoms with Crippen molar-refractivity contribution in [1.82, 2.24) is 0 Å². The van der Waals surface area contributed by atoms with Crippen molar-refractivity contribution in [1.29, 1.82) is 0 Å². The molecule has 6 heteroatoms. The Balaban J connectivity index is 4.02. The minimum atomic E-state index is -2.46. The molecular formula is C13H30O4Si2. The lowest BCUT2D eigenvalue weighted by Gasteiger charge is -2.29. The summed E-state index contributed by atoms with van der Waals surface area (Å²) in [4.78, 5) is 21.6. The standard InChI is InChI=1S/C13H30O4Si2/c1-8-13(2,3)12(14)16-10-9-11-18(4,5)17-19(6,7)15/h15H,8-11H2,1-7H3. The summed E-state index contributed by atoms with van der Waals surface area (Å²) in [6.45, 7) is 14.0. The number of esters is 1. The average molecular weight is 307 g/mol. The molecule has 0 aliphatic rings. The maximum atomic E-state index is 11.8. The van der Waals surface area contributed by atoms with E-state index < -0.39 is 22.3 Å². The predicted octanol–water partition coefficient (Wildman–Crippen LogP) is 3.27. The number of carbonyl (C=O) groups excluding carboxylic acids is 1. The molecule has 0 saturated carbocycles. The molecule has 114 valence electrons. The second-order valence-corrected chi connectivity index (χ2v) is 14.5. The van der Waals surface area contributed by atoms with Crippen molar-refractivity contribution in [3.05, 3.63) is 0 Å². The molecule has 0 aliphatic carbocycles. The fourth-order valence-electron chi connectivity index (χ4n) is 1.73. The fourth-order valence-corrected chi connectivity index (χ4v) is 8.54. The van der Waals surface area contributed by atoms with Crippen LogP contribution >= 0.6 is 0 Å². The first-order valence-corrected chi connectivity index (χ1v) is 13.0. The van der Waals surface area contributed by atoms with Gasteiger partial charge < -0.3 is 13.6 Å². The van der Waals surface area contributed by atoms with Crippen LogP contribution in [0.4, 0.5) is 0 Å². The molecule has 0 aliphatic heterocycles. The molecule has 4 nitrogen and oxygen atoms in total. The third kappa shape index (κ3) is 8.57. The first kappa shape index (κ1) is 18.8. The fraction of sp³-hybridized carbons (Fsp3) is 0.923. The van der Waals surface area contributed by atoms with Gasteiger partial charge in [0.25, 0.3) is 0 Å². The summed E-state index contributed by atoms with van der Waals surface area (Å²) in [5.41, 5.74) is -0.399. The average Bonchev–Trinajstić information content (AvgIpc) is 2.20. The lowest BCUT2D eigenvalue weighted by molar-refractivity contribution is -0.154. The molecule has 0 fully saturated rings. The van der Waals surface area contributed by atoms with E-state index in [0.717, 1.165) is 18.9 Å². The Morgan fingerprint density at radius 1 is 1.21 bits per heavy atom. The predicted molar refractivity (Wildman–Crippen MR) is 82.7 cm³/mol. The van der Waals surface area contributed by atoms with Gasteiger partial charge in [0.15, 0.2) is 8.32 Å². The maximum Gasteiger partial charge on any atom is 0.318 e. The summed E-state index contributed by atoms with van der Waals surface area (Å²) >= 11 is 0. The van der Waals surface area contributed by atoms with Gasteiger partial charge in [-0.2, -0.15) is 0 Å². The quantitative estimate of drug-likeness (QED) is 0.425. The molecule has 0 bridgehead atoms. The summed E-state index contributed by atoms with van der Waals surface area (Å²) in [7, 11) is -4.30. The van der Waals surface area contributed by atoms with E-state index in [1.54, 1.807) is 13.1 Å². The highest BCUT2D eigenvalue weighted by molar-refractivity contribution is 6.81. The highest BCUT2D eigenvalue weighted by Gasteiger charge is 2.32. The second kappa shape index (κ2) is 7.01. The van der Waals surface area contributed by atoms with Crippen LogP contribution in [0.3, 0.4) is 0 Å². The van der Waals surface area contributed by atoms with Crippen molar-refractivity contribution in [3.63, 3.8) is 0 Å². The van der Waals surface area contributed by atoms with Crippen LogP contribution < -0.4 is 0 Å². The van der Waals surface area contributed by atoms with E-state index in [2.05, 4.69) is 13.1 Å². The van der Waals surface area contributed by atoms with E-state index in [0.29, 0.717) is 6.61 Å². The van der Waals surface area contributed by atoms with Gasteiger partial charge in [-0.15, -0.1) is 0 Å². The third-order valence-electron chi connectivity index (χ3n) is 3.12. The van der Waals surface area contributed by atoms with Gasteiger partial charge in [0.1, 0.15) is 0 Å². The van der Waals surface area contributed by atoms with E-state index in [9.17, 15) is 9.59 Å². The molecule has 0 aromatic heterocycles. The summed E-state index contributed by atoms with van der Waals surface area (Å²) in [6, 6.07) is 0.893. The van der Waals surface area contributed by atoms with E-state index in [-0.39, 0.29) is 5.97 Å². The lowest BCUT2D eigenvalue weighted by Crippen LogP contribution is -2.44. The molecule has 0 radical (unpaired) electrons. The zero-order valence-electron chi connectivity index (χ0n) is 13.5. The molecule has 0 heterocycles. The van der Waals surface area contributed by atoms with Crippen LogP contribution in [0, 0.1) is 5.41 Å². The van der Waals surface area contributed by atoms with Crippen molar-refractivity contribution >= 4 is 22.8 Å². The number of hydrogen-bond acceptors (Lipinski definition) is 4. The summed E-state index contributed by atoms with van der Waals surface area (Å²) in [6.07, 6.45) is 1.58. The first-order valence-electron chi connectivity index (χ1n) is 6.99. The summed E-state index contributed by atoms with van der Waals surface area (Å²) in [5.74, 6) is -0.132. The molecule has 0 unspecified atom stereocenters. The van der Waals surface area contributed by atoms with Crippen LogP contribution in [0.5, 0.6) is 0 Å². The van der Waals surface area contributed by atoms with Crippen molar-refractivity contribution in [2.75, 3.05) is 6.61 Å². The van der Waals surface area contributed by atoms with Gasteiger partial charge in [0, 0.05) is 0 Å². The highest BCUT2D eigenvalue weighted by Crippen LogP contribution is 2.22. The van der Waals surface area contributed by atoms with Gasteiger partial charge in [-0.3, -0.25) is 4.79 Å². The van der Waals surface area contributed by atoms with Gasteiger partial charge in [-0.25, -0.2) is 0 Å². The topological polar surface area (TPSA) is 55.8 Å². The monoisotopic (exact) mass is 306 g/mol. The zero-order chi connectivity index (χ0) is 15.3. The van der Waals surface area contributed by atoms with E-state index in [1.807, 2.05) is 20.8 Å². The van der Waals surface area contributed by atoms with Gasteiger partial charge in [0.2, 0.25) is 0 Å². The summed E-state index contributed by atoms with van der Waals surface area (Å²) in [5, 5.41) is 0. The van der Waals surface area contributed by atoms with Crippen molar-refractivity contribution in [2.24, 2.45) is 5.41 Å². The first-order chi connectivity index (χ1) is 8.40. The highest BCUT2D eigenvalue weighted by atomic mass is 28.4. The van der Waals surface area contributed by atoms with Crippen LogP contribution in [0.1, 0.15) is 33.6 Å². The van der Waals surface area contributed by atoms with E-state index >= 15 is 0 Å². The molecule has 0 rings (SSSR count). The molecule has 1 N–H and O–H groups in total. The van der Waals surface area contributed by atoms with Gasteiger partial charge in [-0.1, -0.05) is 6.92 Å². The Kier molecular flexibility index (Phi) is 6.95. The molecule has 0 amide bonds. The number of rotatable bonds is 8. The SMILES string of the molecule is CCC(C)(C)C(=O)OCCC[Si](C)(C)O[Si](C)(C)O. The van der Waals surface area contributed by atoms with Crippen LogP contribution in [-0.4, -0.2) is 34.3 Å². The van der Waals surface area contributed by atoms with E-state index in [1.165, 1.54) is 0 Å². The molecule has 0 aromatic rings. The Hall–Kier alpha value is -0.176. The minimum Gasteiger partial charge on any atom is -0.465 e. The molecule has 0 aromatic carbocycles. The van der Waals surface area contributed by atoms with Crippen LogP contribution in [0.15, 0.2) is 0 Å². The maximum absolute atomic E-state index is 11.8. The number of ether oxygens (including phenoxy) is 1. The van der Waals surface area contributed by atoms with Crippen LogP contribution in [-0.2, 0) is 13.6 Å². The molecule has 19 heavy (non-hydrogen) atoms. The van der Waals surface area contributed by atoms with Crippen LogP contribution in [0.2, 0.25) is 32.2 Å². The minimum absolute atomic E-state index is 0.132. The largest absolute Gasteiger partial charge is 0.465 e. The normalized spacial score (nSPS) is 13.5. The van der Waals surface area contributed by atoms with Gasteiger partial charge in [-0.05, 0) is 58.9 Å². The number of hydrogen-bond donors (Lipinski definition) is 1. The van der Waals surface area contributed by atoms with E-state index in [4.69, 9.17) is 8.85 Å². The Labute approximate surface area is 119 Å². The third-order valence-corrected chi connectivity index (χ3v) is 8.89. The van der Waals surface area contributed by atoms with Crippen molar-refractivity contribution in [3.8, 4) is 0 Å². The van der Waals surface area contributed by atoms with Crippen molar-refractivity contribution in [2.45, 2.75) is 65.8 Å². The summed E-state index contributed by atoms with van der Waals surface area (Å²) < 4.78 is 11.1. The molecule has 0 spiro atoms. The number of carbonyl (C=O) groups is 1. The molecule has 0 atom stereocenters. The van der Waals surface area contributed by atoms with Crippen LogP contribution in [0.25, 0.3) is 0 Å². The second-order valence-electron chi connectivity index (χ2n) is 6.79. The molecule has 0 saturated heterocycles. The smallest absolute Gasteiger partial charge is 0.318 e.